The normalized spacial score (nSPS) is 15.3. The molecule has 1 aromatic carbocycles. The fourth-order valence-corrected chi connectivity index (χ4v) is 2.76. The fourth-order valence-electron chi connectivity index (χ4n) is 2.53. The number of carbonyl (C=O) groups excluding carboxylic acids is 1. The summed E-state index contributed by atoms with van der Waals surface area (Å²) in [7, 11) is 0. The van der Waals surface area contributed by atoms with E-state index in [1.54, 1.807) is 19.1 Å². The zero-order chi connectivity index (χ0) is 16.7. The van der Waals surface area contributed by atoms with Crippen LogP contribution in [0.3, 0.4) is 0 Å². The van der Waals surface area contributed by atoms with E-state index in [9.17, 15) is 4.79 Å². The van der Waals surface area contributed by atoms with Crippen LogP contribution in [0.25, 0.3) is 0 Å². The van der Waals surface area contributed by atoms with Crippen molar-refractivity contribution in [2.24, 2.45) is 0 Å². The minimum absolute atomic E-state index is 0.165. The molecule has 0 unspecified atom stereocenters. The number of amides is 1. The molecule has 23 heavy (non-hydrogen) atoms. The molecule has 0 aromatic heterocycles. The van der Waals surface area contributed by atoms with Crippen molar-refractivity contribution in [1.29, 1.82) is 5.26 Å². The lowest BCUT2D eigenvalue weighted by molar-refractivity contribution is -0.127. The summed E-state index contributed by atoms with van der Waals surface area (Å²) in [5, 5.41) is 12.0. The molecule has 1 amide bonds. The molecule has 0 aliphatic heterocycles. The Labute approximate surface area is 142 Å². The van der Waals surface area contributed by atoms with Crippen LogP contribution < -0.4 is 10.1 Å². The third-order valence-corrected chi connectivity index (χ3v) is 4.16. The third-order valence-electron chi connectivity index (χ3n) is 3.86. The maximum Gasteiger partial charge on any atom is 0.260 e. The van der Waals surface area contributed by atoms with Crippen molar-refractivity contribution in [2.45, 2.75) is 45.1 Å². The highest BCUT2D eigenvalue weighted by molar-refractivity contribution is 6.32. The highest BCUT2D eigenvalue weighted by atomic mass is 35.5. The van der Waals surface area contributed by atoms with E-state index in [-0.39, 0.29) is 5.91 Å². The molecule has 122 valence electrons. The first-order valence-electron chi connectivity index (χ1n) is 7.92. The first-order valence-corrected chi connectivity index (χ1v) is 8.30. The Kier molecular flexibility index (Phi) is 6.49. The Bertz CT molecular complexity index is 634. The SMILES string of the molecule is C[C@@H](Oc1ccc(C#N)cc1Cl)C(=O)NCCC1=CCCCC1. The van der Waals surface area contributed by atoms with Crippen molar-refractivity contribution in [3.8, 4) is 11.8 Å². The summed E-state index contributed by atoms with van der Waals surface area (Å²) in [6, 6.07) is 6.75. The van der Waals surface area contributed by atoms with Gasteiger partial charge in [0.2, 0.25) is 0 Å². The van der Waals surface area contributed by atoms with E-state index in [2.05, 4.69) is 11.4 Å². The summed E-state index contributed by atoms with van der Waals surface area (Å²) in [6.07, 6.45) is 7.36. The number of carbonyl (C=O) groups is 1. The summed E-state index contributed by atoms with van der Waals surface area (Å²) in [4.78, 5) is 12.1. The number of halogens is 1. The number of hydrogen-bond donors (Lipinski definition) is 1. The van der Waals surface area contributed by atoms with Gasteiger partial charge in [-0.3, -0.25) is 4.79 Å². The van der Waals surface area contributed by atoms with Gasteiger partial charge in [0.25, 0.3) is 5.91 Å². The third kappa shape index (κ3) is 5.30. The van der Waals surface area contributed by atoms with E-state index in [0.717, 1.165) is 19.3 Å². The van der Waals surface area contributed by atoms with Gasteiger partial charge in [0.05, 0.1) is 16.7 Å². The molecule has 1 aromatic rings. The van der Waals surface area contributed by atoms with Crippen LogP contribution in [0.1, 0.15) is 44.6 Å². The van der Waals surface area contributed by atoms with Crippen molar-refractivity contribution in [3.63, 3.8) is 0 Å². The Hall–Kier alpha value is -1.99. The molecule has 0 radical (unpaired) electrons. The van der Waals surface area contributed by atoms with Crippen LogP contribution in [0, 0.1) is 11.3 Å². The molecule has 5 heteroatoms. The molecule has 1 aliphatic rings. The maximum absolute atomic E-state index is 12.1. The lowest BCUT2D eigenvalue weighted by Crippen LogP contribution is -2.37. The van der Waals surface area contributed by atoms with Crippen LogP contribution in [-0.4, -0.2) is 18.6 Å². The predicted octanol–water partition coefficient (Wildman–Crippen LogP) is 3.99. The van der Waals surface area contributed by atoms with Gasteiger partial charge in [-0.2, -0.15) is 5.26 Å². The summed E-state index contributed by atoms with van der Waals surface area (Å²) in [5.74, 6) is 0.241. The molecular weight excluding hydrogens is 312 g/mol. The second-order valence-electron chi connectivity index (χ2n) is 5.67. The van der Waals surface area contributed by atoms with Gasteiger partial charge in [-0.1, -0.05) is 23.3 Å². The van der Waals surface area contributed by atoms with Gasteiger partial charge < -0.3 is 10.1 Å². The van der Waals surface area contributed by atoms with Gasteiger partial charge in [-0.05, 0) is 57.2 Å². The second kappa shape index (κ2) is 8.59. The highest BCUT2D eigenvalue weighted by Crippen LogP contribution is 2.26. The van der Waals surface area contributed by atoms with Gasteiger partial charge in [0, 0.05) is 6.54 Å². The van der Waals surface area contributed by atoms with E-state index in [1.165, 1.54) is 24.5 Å². The molecule has 0 saturated carbocycles. The zero-order valence-electron chi connectivity index (χ0n) is 13.3. The van der Waals surface area contributed by atoms with Crippen molar-refractivity contribution >= 4 is 17.5 Å². The Morgan fingerprint density at radius 1 is 1.48 bits per heavy atom. The van der Waals surface area contributed by atoms with Crippen molar-refractivity contribution in [3.05, 3.63) is 40.4 Å². The lowest BCUT2D eigenvalue weighted by Gasteiger charge is -2.17. The van der Waals surface area contributed by atoms with Crippen molar-refractivity contribution in [1.82, 2.24) is 5.32 Å². The summed E-state index contributed by atoms with van der Waals surface area (Å²) in [6.45, 7) is 2.31. The number of allylic oxidation sites excluding steroid dienone is 1. The largest absolute Gasteiger partial charge is 0.479 e. The van der Waals surface area contributed by atoms with E-state index < -0.39 is 6.10 Å². The second-order valence-corrected chi connectivity index (χ2v) is 6.07. The van der Waals surface area contributed by atoms with E-state index in [0.29, 0.717) is 22.9 Å². The van der Waals surface area contributed by atoms with Gasteiger partial charge >= 0.3 is 0 Å². The lowest BCUT2D eigenvalue weighted by atomic mass is 9.97. The van der Waals surface area contributed by atoms with Crippen LogP contribution >= 0.6 is 11.6 Å². The molecular formula is C18H21ClN2O2. The molecule has 0 heterocycles. The molecule has 0 fully saturated rings. The quantitative estimate of drug-likeness (QED) is 0.801. The number of rotatable bonds is 6. The summed E-state index contributed by atoms with van der Waals surface area (Å²) in [5.41, 5.74) is 1.89. The van der Waals surface area contributed by atoms with Crippen LogP contribution in [-0.2, 0) is 4.79 Å². The van der Waals surface area contributed by atoms with E-state index in [4.69, 9.17) is 21.6 Å². The highest BCUT2D eigenvalue weighted by Gasteiger charge is 2.16. The smallest absolute Gasteiger partial charge is 0.260 e. The molecule has 0 spiro atoms. The van der Waals surface area contributed by atoms with Gasteiger partial charge in [0.1, 0.15) is 5.75 Å². The van der Waals surface area contributed by atoms with Crippen LogP contribution in [0.2, 0.25) is 5.02 Å². The monoisotopic (exact) mass is 332 g/mol. The standard InChI is InChI=1S/C18H21ClN2O2/c1-13(23-17-8-7-15(12-20)11-16(17)19)18(22)21-10-9-14-5-3-2-4-6-14/h5,7-8,11,13H,2-4,6,9-10H2,1H3,(H,21,22)/t13-/m1/s1. The molecule has 4 nitrogen and oxygen atoms in total. The first kappa shape index (κ1) is 17.4. The van der Waals surface area contributed by atoms with Crippen molar-refractivity contribution in [2.75, 3.05) is 6.54 Å². The average Bonchev–Trinajstić information content (AvgIpc) is 2.57. The van der Waals surface area contributed by atoms with Crippen LogP contribution in [0.4, 0.5) is 0 Å². The molecule has 1 N–H and O–H groups in total. The average molecular weight is 333 g/mol. The minimum Gasteiger partial charge on any atom is -0.479 e. The summed E-state index contributed by atoms with van der Waals surface area (Å²) < 4.78 is 5.58. The molecule has 0 saturated heterocycles. The van der Waals surface area contributed by atoms with E-state index in [1.807, 2.05) is 6.07 Å². The number of benzene rings is 1. The number of nitriles is 1. The molecule has 1 aliphatic carbocycles. The zero-order valence-corrected chi connectivity index (χ0v) is 14.0. The van der Waals surface area contributed by atoms with E-state index >= 15 is 0 Å². The van der Waals surface area contributed by atoms with Gasteiger partial charge in [-0.15, -0.1) is 0 Å². The maximum atomic E-state index is 12.1. The molecule has 2 rings (SSSR count). The minimum atomic E-state index is -0.638. The van der Waals surface area contributed by atoms with Gasteiger partial charge in [0.15, 0.2) is 6.10 Å². The number of hydrogen-bond acceptors (Lipinski definition) is 3. The number of nitrogens with zero attached hydrogens (tertiary/aromatic N) is 1. The Balaban J connectivity index is 1.80. The van der Waals surface area contributed by atoms with Crippen molar-refractivity contribution < 1.29 is 9.53 Å². The predicted molar refractivity (Wildman–Crippen MR) is 90.4 cm³/mol. The number of nitrogens with one attached hydrogen (secondary N) is 1. The Morgan fingerprint density at radius 2 is 2.30 bits per heavy atom. The first-order chi connectivity index (χ1) is 11.1. The van der Waals surface area contributed by atoms with Crippen LogP contribution in [0.5, 0.6) is 5.75 Å². The number of ether oxygens (including phenoxy) is 1. The molecule has 1 atom stereocenters. The summed E-state index contributed by atoms with van der Waals surface area (Å²) >= 11 is 6.05. The molecule has 0 bridgehead atoms. The van der Waals surface area contributed by atoms with Gasteiger partial charge in [-0.25, -0.2) is 0 Å². The fraction of sp³-hybridized carbons (Fsp3) is 0.444. The topological polar surface area (TPSA) is 62.1 Å². The van der Waals surface area contributed by atoms with Crippen LogP contribution in [0.15, 0.2) is 29.8 Å². The Morgan fingerprint density at radius 3 is 2.96 bits per heavy atom.